The van der Waals surface area contributed by atoms with Gasteiger partial charge in [0.25, 0.3) is 0 Å². The Bertz CT molecular complexity index is 1240. The van der Waals surface area contributed by atoms with Gasteiger partial charge in [0.15, 0.2) is 17.6 Å². The van der Waals surface area contributed by atoms with E-state index in [9.17, 15) is 9.18 Å². The number of benzene rings is 2. The number of hydrogen-bond acceptors (Lipinski definition) is 8. The molecule has 0 spiro atoms. The molecule has 4 rings (SSSR count). The van der Waals surface area contributed by atoms with Crippen LogP contribution >= 0.6 is 0 Å². The Kier molecular flexibility index (Phi) is 7.59. The van der Waals surface area contributed by atoms with Crippen LogP contribution in [0.25, 0.3) is 10.9 Å². The summed E-state index contributed by atoms with van der Waals surface area (Å²) in [7, 11) is 1.53. The summed E-state index contributed by atoms with van der Waals surface area (Å²) in [5.41, 5.74) is 1.04. The normalized spacial score (nSPS) is 15.4. The predicted octanol–water partition coefficient (Wildman–Crippen LogP) is 4.92. The Hall–Kier alpha value is -3.46. The van der Waals surface area contributed by atoms with Crippen molar-refractivity contribution < 1.29 is 23.4 Å². The third-order valence-corrected chi connectivity index (χ3v) is 6.00. The number of carbonyl (C=O) groups excluding carboxylic acids is 1. The number of halogens is 1. The molecule has 1 fully saturated rings. The highest BCUT2D eigenvalue weighted by Crippen LogP contribution is 2.37. The van der Waals surface area contributed by atoms with Gasteiger partial charge in [0.2, 0.25) is 0 Å². The Balaban J connectivity index is 1.69. The van der Waals surface area contributed by atoms with Gasteiger partial charge in [-0.3, -0.25) is 0 Å². The molecular weight excluding hydrogens is 463 g/mol. The van der Waals surface area contributed by atoms with E-state index in [0.717, 1.165) is 31.5 Å². The second kappa shape index (κ2) is 10.7. The third-order valence-electron chi connectivity index (χ3n) is 6.00. The number of aryl methyl sites for hydroxylation is 1. The van der Waals surface area contributed by atoms with Crippen LogP contribution in [0.3, 0.4) is 0 Å². The molecule has 3 aromatic rings. The van der Waals surface area contributed by atoms with Crippen molar-refractivity contribution in [1.29, 1.82) is 0 Å². The van der Waals surface area contributed by atoms with Crippen molar-refractivity contribution in [2.45, 2.75) is 52.2 Å². The number of nitrogens with one attached hydrogen (secondary N) is 2. The minimum absolute atomic E-state index is 0.00589. The maximum absolute atomic E-state index is 14.5. The fraction of sp³-hybridized carbons (Fsp3) is 0.444. The zero-order chi connectivity index (χ0) is 25.9. The van der Waals surface area contributed by atoms with Crippen molar-refractivity contribution in [3.8, 4) is 11.5 Å². The van der Waals surface area contributed by atoms with E-state index < -0.39 is 17.7 Å². The van der Waals surface area contributed by atoms with Crippen LogP contribution in [0.2, 0.25) is 0 Å². The molecule has 1 saturated heterocycles. The molecule has 2 heterocycles. The van der Waals surface area contributed by atoms with E-state index in [0.29, 0.717) is 33.9 Å². The number of piperidine rings is 1. The average molecular weight is 497 g/mol. The molecule has 0 saturated carbocycles. The summed E-state index contributed by atoms with van der Waals surface area (Å²) in [6.07, 6.45) is 2.18. The van der Waals surface area contributed by atoms with Gasteiger partial charge in [-0.25, -0.2) is 19.2 Å². The monoisotopic (exact) mass is 496 g/mol. The average Bonchev–Trinajstić information content (AvgIpc) is 2.83. The lowest BCUT2D eigenvalue weighted by Crippen LogP contribution is -2.44. The second-order valence-electron chi connectivity index (χ2n) is 10.0. The number of anilines is 2. The van der Waals surface area contributed by atoms with Crippen molar-refractivity contribution in [3.63, 3.8) is 0 Å². The molecule has 9 heteroatoms. The maximum Gasteiger partial charge on any atom is 0.348 e. The first kappa shape index (κ1) is 25.6. The summed E-state index contributed by atoms with van der Waals surface area (Å²) in [5, 5.41) is 6.99. The molecule has 36 heavy (non-hydrogen) atoms. The number of rotatable bonds is 7. The van der Waals surface area contributed by atoms with Crippen molar-refractivity contribution in [2.24, 2.45) is 5.92 Å². The zero-order valence-corrected chi connectivity index (χ0v) is 21.4. The smallest absolute Gasteiger partial charge is 0.348 e. The first-order valence-corrected chi connectivity index (χ1v) is 12.1. The van der Waals surface area contributed by atoms with Gasteiger partial charge in [0, 0.05) is 17.4 Å². The Morgan fingerprint density at radius 2 is 1.89 bits per heavy atom. The van der Waals surface area contributed by atoms with E-state index in [2.05, 4.69) is 20.6 Å². The van der Waals surface area contributed by atoms with Crippen LogP contribution in [0.15, 0.2) is 36.7 Å². The van der Waals surface area contributed by atoms with Gasteiger partial charge in [-0.15, -0.1) is 0 Å². The SMILES string of the molecule is COc1cc2c(Nc3ccc(C)cc3F)ncnc2cc1OC(C(=O)OC(C)(C)C)C1CCNCC1. The van der Waals surface area contributed by atoms with Crippen LogP contribution in [-0.2, 0) is 9.53 Å². The molecule has 1 atom stereocenters. The van der Waals surface area contributed by atoms with Gasteiger partial charge in [-0.05, 0) is 77.4 Å². The summed E-state index contributed by atoms with van der Waals surface area (Å²) in [5.74, 6) is 0.424. The lowest BCUT2D eigenvalue weighted by atomic mass is 9.92. The van der Waals surface area contributed by atoms with Crippen LogP contribution in [-0.4, -0.2) is 47.8 Å². The van der Waals surface area contributed by atoms with Crippen LogP contribution < -0.4 is 20.1 Å². The van der Waals surface area contributed by atoms with Crippen LogP contribution in [0.5, 0.6) is 11.5 Å². The molecule has 1 aliphatic rings. The van der Waals surface area contributed by atoms with E-state index in [1.54, 1.807) is 18.2 Å². The number of carbonyl (C=O) groups is 1. The molecule has 1 aliphatic heterocycles. The zero-order valence-electron chi connectivity index (χ0n) is 21.4. The first-order valence-electron chi connectivity index (χ1n) is 12.1. The third kappa shape index (κ3) is 6.02. The number of ether oxygens (including phenoxy) is 3. The standard InChI is InChI=1S/C27H33FN4O4/c1-16-6-7-20(19(28)12-16)32-25-18-13-22(34-5)23(14-21(18)30-15-31-25)35-24(17-8-10-29-11-9-17)26(33)36-27(2,3)4/h6-7,12-15,17,24,29H,8-11H2,1-5H3,(H,30,31,32). The highest BCUT2D eigenvalue weighted by atomic mass is 19.1. The van der Waals surface area contributed by atoms with Gasteiger partial charge >= 0.3 is 5.97 Å². The van der Waals surface area contributed by atoms with Crippen LogP contribution in [0.1, 0.15) is 39.2 Å². The fourth-order valence-corrected chi connectivity index (χ4v) is 4.24. The number of aromatic nitrogens is 2. The number of fused-ring (bicyclic) bond motifs is 1. The lowest BCUT2D eigenvalue weighted by Gasteiger charge is -2.32. The molecule has 0 amide bonds. The fourth-order valence-electron chi connectivity index (χ4n) is 4.24. The van der Waals surface area contributed by atoms with Gasteiger partial charge in [-0.2, -0.15) is 0 Å². The largest absolute Gasteiger partial charge is 0.493 e. The molecular formula is C27H33FN4O4. The Morgan fingerprint density at radius 1 is 1.14 bits per heavy atom. The minimum Gasteiger partial charge on any atom is -0.493 e. The summed E-state index contributed by atoms with van der Waals surface area (Å²) < 4.78 is 32.1. The first-order chi connectivity index (χ1) is 17.1. The van der Waals surface area contributed by atoms with Crippen molar-refractivity contribution in [1.82, 2.24) is 15.3 Å². The molecule has 2 N–H and O–H groups in total. The molecule has 0 aliphatic carbocycles. The van der Waals surface area contributed by atoms with Crippen molar-refractivity contribution in [3.05, 3.63) is 48.0 Å². The Labute approximate surface area is 210 Å². The number of hydrogen-bond donors (Lipinski definition) is 2. The van der Waals surface area contributed by atoms with E-state index in [1.807, 2.05) is 33.8 Å². The molecule has 2 aromatic carbocycles. The quantitative estimate of drug-likeness (QED) is 0.445. The summed E-state index contributed by atoms with van der Waals surface area (Å²) in [6, 6.07) is 8.38. The molecule has 0 bridgehead atoms. The number of nitrogens with zero attached hydrogens (tertiary/aromatic N) is 2. The van der Waals surface area contributed by atoms with Crippen LogP contribution in [0, 0.1) is 18.7 Å². The van der Waals surface area contributed by atoms with Gasteiger partial charge in [-0.1, -0.05) is 6.07 Å². The van der Waals surface area contributed by atoms with E-state index >= 15 is 0 Å². The van der Waals surface area contributed by atoms with Crippen molar-refractivity contribution in [2.75, 3.05) is 25.5 Å². The summed E-state index contributed by atoms with van der Waals surface area (Å²) in [6.45, 7) is 8.95. The summed E-state index contributed by atoms with van der Waals surface area (Å²) in [4.78, 5) is 21.8. The van der Waals surface area contributed by atoms with Crippen LogP contribution in [0.4, 0.5) is 15.9 Å². The summed E-state index contributed by atoms with van der Waals surface area (Å²) >= 11 is 0. The van der Waals surface area contributed by atoms with Gasteiger partial charge in [0.1, 0.15) is 23.6 Å². The maximum atomic E-state index is 14.5. The highest BCUT2D eigenvalue weighted by Gasteiger charge is 2.35. The molecule has 1 unspecified atom stereocenters. The van der Waals surface area contributed by atoms with Gasteiger partial charge < -0.3 is 24.8 Å². The second-order valence-corrected chi connectivity index (χ2v) is 10.0. The van der Waals surface area contributed by atoms with Crippen molar-refractivity contribution >= 4 is 28.4 Å². The van der Waals surface area contributed by atoms with E-state index in [1.165, 1.54) is 19.5 Å². The molecule has 8 nitrogen and oxygen atoms in total. The lowest BCUT2D eigenvalue weighted by molar-refractivity contribution is -0.166. The van der Waals surface area contributed by atoms with E-state index in [4.69, 9.17) is 14.2 Å². The van der Waals surface area contributed by atoms with Gasteiger partial charge in [0.05, 0.1) is 18.3 Å². The topological polar surface area (TPSA) is 94.6 Å². The Morgan fingerprint density at radius 3 is 2.56 bits per heavy atom. The predicted molar refractivity (Wildman–Crippen MR) is 136 cm³/mol. The molecule has 1 aromatic heterocycles. The van der Waals surface area contributed by atoms with E-state index in [-0.39, 0.29) is 11.7 Å². The highest BCUT2D eigenvalue weighted by molar-refractivity contribution is 5.93. The molecule has 192 valence electrons. The number of esters is 1. The number of methoxy groups -OCH3 is 1. The minimum atomic E-state index is -0.793. The molecule has 0 radical (unpaired) electrons.